The number of ketones is 1. The number of Topliss-reactive ketones (excluding diaryl/α,β-unsaturated/α-hetero) is 1. The second-order valence-corrected chi connectivity index (χ2v) is 8.53. The van der Waals surface area contributed by atoms with E-state index in [9.17, 15) is 14.7 Å². The minimum atomic E-state index is -1.21. The summed E-state index contributed by atoms with van der Waals surface area (Å²) in [6, 6.07) is 15.4. The largest absolute Gasteiger partial charge is 0.496 e. The maximum atomic E-state index is 13.8. The summed E-state index contributed by atoms with van der Waals surface area (Å²) in [5, 5.41) is 10.3. The van der Waals surface area contributed by atoms with Gasteiger partial charge in [0.05, 0.1) is 24.4 Å². The number of fused-ring (bicyclic) bond motifs is 2. The van der Waals surface area contributed by atoms with Crippen LogP contribution in [0.2, 0.25) is 0 Å². The summed E-state index contributed by atoms with van der Waals surface area (Å²) >= 11 is 1.04. The van der Waals surface area contributed by atoms with Crippen molar-refractivity contribution in [2.75, 3.05) is 13.9 Å². The second-order valence-electron chi connectivity index (χ2n) is 8.00. The standard InChI is InChI=1S/C26H20N2O6S/c1-14-9-15(3-7-21(14)32-2)10-18(25(29)17-5-8-22-23(12-17)34-13-33-22)24(26(30)31)16-4-6-19-20(11-16)28-35-27-19/h3-9,11-12H,10,13H2,1-2H3,(H,30,31). The molecule has 0 saturated heterocycles. The van der Waals surface area contributed by atoms with Crippen LogP contribution >= 0.6 is 11.7 Å². The fourth-order valence-corrected chi connectivity index (χ4v) is 4.63. The van der Waals surface area contributed by atoms with Crippen LogP contribution in [0.15, 0.2) is 60.2 Å². The van der Waals surface area contributed by atoms with Gasteiger partial charge in [-0.3, -0.25) is 4.79 Å². The number of aliphatic carboxylic acids is 1. The maximum Gasteiger partial charge on any atom is 0.336 e. The van der Waals surface area contributed by atoms with Gasteiger partial charge in [0.2, 0.25) is 6.79 Å². The van der Waals surface area contributed by atoms with E-state index in [1.165, 1.54) is 0 Å². The zero-order valence-electron chi connectivity index (χ0n) is 18.9. The summed E-state index contributed by atoms with van der Waals surface area (Å²) in [5.41, 5.74) is 3.64. The number of rotatable bonds is 7. The van der Waals surface area contributed by atoms with Gasteiger partial charge in [-0.05, 0) is 60.0 Å². The number of aryl methyl sites for hydroxylation is 1. The van der Waals surface area contributed by atoms with E-state index in [0.29, 0.717) is 39.4 Å². The molecular weight excluding hydrogens is 468 g/mol. The highest BCUT2D eigenvalue weighted by atomic mass is 32.1. The van der Waals surface area contributed by atoms with Crippen molar-refractivity contribution in [2.24, 2.45) is 0 Å². The Morgan fingerprint density at radius 3 is 2.51 bits per heavy atom. The molecule has 1 aromatic heterocycles. The Kier molecular flexibility index (Phi) is 5.92. The van der Waals surface area contributed by atoms with Gasteiger partial charge in [-0.25, -0.2) is 4.79 Å². The van der Waals surface area contributed by atoms with Crippen molar-refractivity contribution < 1.29 is 28.9 Å². The van der Waals surface area contributed by atoms with E-state index in [4.69, 9.17) is 14.2 Å². The predicted molar refractivity (Wildman–Crippen MR) is 130 cm³/mol. The molecule has 5 rings (SSSR count). The molecule has 0 atom stereocenters. The lowest BCUT2D eigenvalue weighted by Crippen LogP contribution is -2.14. The number of carbonyl (C=O) groups excluding carboxylic acids is 1. The second kappa shape index (κ2) is 9.19. The molecule has 0 radical (unpaired) electrons. The van der Waals surface area contributed by atoms with Crippen molar-refractivity contribution in [3.05, 3.63) is 82.4 Å². The van der Waals surface area contributed by atoms with Crippen molar-refractivity contribution in [3.63, 3.8) is 0 Å². The molecule has 0 bridgehead atoms. The summed E-state index contributed by atoms with van der Waals surface area (Å²) in [7, 11) is 1.59. The molecule has 0 fully saturated rings. The van der Waals surface area contributed by atoms with Crippen LogP contribution in [0.3, 0.4) is 0 Å². The molecule has 1 aliphatic heterocycles. The Labute approximate surface area is 204 Å². The number of carbonyl (C=O) groups is 2. The molecule has 1 aliphatic rings. The Morgan fingerprint density at radius 2 is 1.74 bits per heavy atom. The zero-order chi connectivity index (χ0) is 24.5. The highest BCUT2D eigenvalue weighted by molar-refractivity contribution is 7.00. The Bertz CT molecular complexity index is 1510. The lowest BCUT2D eigenvalue weighted by molar-refractivity contribution is -0.130. The predicted octanol–water partition coefficient (Wildman–Crippen LogP) is 4.70. The molecule has 8 nitrogen and oxygen atoms in total. The average molecular weight is 489 g/mol. The summed E-state index contributed by atoms with van der Waals surface area (Å²) < 4.78 is 24.5. The lowest BCUT2D eigenvalue weighted by Gasteiger charge is -2.14. The van der Waals surface area contributed by atoms with Crippen molar-refractivity contribution in [3.8, 4) is 17.2 Å². The smallest absolute Gasteiger partial charge is 0.336 e. The lowest BCUT2D eigenvalue weighted by atomic mass is 9.89. The highest BCUT2D eigenvalue weighted by Gasteiger charge is 2.26. The van der Waals surface area contributed by atoms with Crippen LogP contribution in [0.5, 0.6) is 17.2 Å². The molecule has 0 unspecified atom stereocenters. The molecule has 3 aromatic carbocycles. The Morgan fingerprint density at radius 1 is 0.971 bits per heavy atom. The summed E-state index contributed by atoms with van der Waals surface area (Å²) in [5.74, 6) is 0.0778. The third-order valence-electron chi connectivity index (χ3n) is 5.81. The topological polar surface area (TPSA) is 108 Å². The third-order valence-corrected chi connectivity index (χ3v) is 6.36. The summed E-state index contributed by atoms with van der Waals surface area (Å²) in [6.07, 6.45) is 0.104. The number of carboxylic acids is 1. The zero-order valence-corrected chi connectivity index (χ0v) is 19.7. The van der Waals surface area contributed by atoms with Crippen LogP contribution in [0.25, 0.3) is 16.6 Å². The van der Waals surface area contributed by atoms with E-state index in [1.54, 1.807) is 49.6 Å². The Hall–Kier alpha value is -4.24. The first-order valence-electron chi connectivity index (χ1n) is 10.7. The minimum absolute atomic E-state index is 0.0723. The first-order valence-corrected chi connectivity index (χ1v) is 11.4. The van der Waals surface area contributed by atoms with Gasteiger partial charge in [-0.15, -0.1) is 0 Å². The van der Waals surface area contributed by atoms with Gasteiger partial charge in [0.15, 0.2) is 17.3 Å². The summed E-state index contributed by atoms with van der Waals surface area (Å²) in [6.45, 7) is 1.97. The first-order chi connectivity index (χ1) is 16.9. The van der Waals surface area contributed by atoms with Crippen molar-refractivity contribution in [2.45, 2.75) is 13.3 Å². The number of allylic oxidation sites excluding steroid dienone is 1. The molecule has 0 saturated carbocycles. The van der Waals surface area contributed by atoms with Crippen LogP contribution in [0.4, 0.5) is 0 Å². The number of carboxylic acid groups (broad SMARTS) is 1. The van der Waals surface area contributed by atoms with Crippen LogP contribution in [0, 0.1) is 6.92 Å². The van der Waals surface area contributed by atoms with Gasteiger partial charge >= 0.3 is 5.97 Å². The normalized spacial score (nSPS) is 13.0. The van der Waals surface area contributed by atoms with Crippen LogP contribution < -0.4 is 14.2 Å². The van der Waals surface area contributed by atoms with Gasteiger partial charge in [-0.2, -0.15) is 8.75 Å². The fraction of sp³-hybridized carbons (Fsp3) is 0.154. The molecule has 4 aromatic rings. The first kappa shape index (κ1) is 22.5. The third kappa shape index (κ3) is 4.33. The molecule has 35 heavy (non-hydrogen) atoms. The highest BCUT2D eigenvalue weighted by Crippen LogP contribution is 2.35. The monoisotopic (exact) mass is 488 g/mol. The molecule has 176 valence electrons. The maximum absolute atomic E-state index is 13.8. The molecule has 9 heteroatoms. The number of benzene rings is 3. The minimum Gasteiger partial charge on any atom is -0.496 e. The molecule has 0 amide bonds. The SMILES string of the molecule is COc1ccc(CC(C(=O)c2ccc3c(c2)OCO3)=C(C(=O)O)c2ccc3nsnc3c2)cc1C. The molecular formula is C26H20N2O6S. The van der Waals surface area contributed by atoms with E-state index in [2.05, 4.69) is 8.75 Å². The van der Waals surface area contributed by atoms with E-state index in [0.717, 1.165) is 22.9 Å². The van der Waals surface area contributed by atoms with E-state index >= 15 is 0 Å². The quantitative estimate of drug-likeness (QED) is 0.295. The molecule has 2 heterocycles. The summed E-state index contributed by atoms with van der Waals surface area (Å²) in [4.78, 5) is 26.4. The van der Waals surface area contributed by atoms with Crippen LogP contribution in [-0.2, 0) is 11.2 Å². The van der Waals surface area contributed by atoms with Crippen molar-refractivity contribution in [1.29, 1.82) is 0 Å². The van der Waals surface area contributed by atoms with Crippen molar-refractivity contribution >= 4 is 40.1 Å². The number of hydrogen-bond acceptors (Lipinski definition) is 8. The van der Waals surface area contributed by atoms with Crippen molar-refractivity contribution in [1.82, 2.24) is 8.75 Å². The number of aromatic nitrogens is 2. The van der Waals surface area contributed by atoms with Crippen LogP contribution in [-0.4, -0.2) is 39.5 Å². The van der Waals surface area contributed by atoms with Gasteiger partial charge in [-0.1, -0.05) is 18.2 Å². The van der Waals surface area contributed by atoms with E-state index in [1.807, 2.05) is 19.1 Å². The molecule has 0 spiro atoms. The Balaban J connectivity index is 1.67. The van der Waals surface area contributed by atoms with E-state index < -0.39 is 11.8 Å². The van der Waals surface area contributed by atoms with Gasteiger partial charge in [0.25, 0.3) is 0 Å². The average Bonchev–Trinajstić information content (AvgIpc) is 3.51. The number of ether oxygens (including phenoxy) is 3. The van der Waals surface area contributed by atoms with E-state index in [-0.39, 0.29) is 24.4 Å². The fourth-order valence-electron chi connectivity index (χ4n) is 4.11. The number of nitrogens with zero attached hydrogens (tertiary/aromatic N) is 2. The molecule has 0 aliphatic carbocycles. The van der Waals surface area contributed by atoms with Gasteiger partial charge < -0.3 is 19.3 Å². The van der Waals surface area contributed by atoms with Crippen LogP contribution in [0.1, 0.15) is 27.0 Å². The van der Waals surface area contributed by atoms with Gasteiger partial charge in [0.1, 0.15) is 16.8 Å². The van der Waals surface area contributed by atoms with Gasteiger partial charge in [0, 0.05) is 17.6 Å². The molecule has 1 N–H and O–H groups in total. The number of methoxy groups -OCH3 is 1. The number of hydrogen-bond donors (Lipinski definition) is 1.